The standard InChI is InChI=1S/C28H31ClF3N5O3/c1-18-7-9-19(10-8-18)25(34)37(13-12-28(30,31)32)26(38)35-17-23(33)22-6-3-11-27(39-14-15-40-27)24(22)36-21-5-2-4-20(29)16-21/h2,4-5,7-10,16,34H,3,6,11-15,17,33H2,1H3,(H,35,38)/b23-22-,34-25?,36-24?. The number of ether oxygens (including phenoxy) is 2. The molecule has 8 nitrogen and oxygen atoms in total. The van der Waals surface area contributed by atoms with Crippen molar-refractivity contribution in [3.63, 3.8) is 0 Å². The van der Waals surface area contributed by atoms with Crippen LogP contribution in [-0.4, -0.2) is 60.7 Å². The second kappa shape index (κ2) is 12.4. The fraction of sp³-hybridized carbons (Fsp3) is 0.393. The van der Waals surface area contributed by atoms with Gasteiger partial charge in [0.1, 0.15) is 11.5 Å². The van der Waals surface area contributed by atoms with E-state index < -0.39 is 31.0 Å². The molecule has 0 radical (unpaired) electrons. The van der Waals surface area contributed by atoms with Crippen molar-refractivity contribution in [1.29, 1.82) is 5.41 Å². The molecular weight excluding hydrogens is 547 g/mol. The van der Waals surface area contributed by atoms with Crippen molar-refractivity contribution in [1.82, 2.24) is 10.2 Å². The molecule has 12 heteroatoms. The van der Waals surface area contributed by atoms with Crippen LogP contribution in [0.1, 0.15) is 36.8 Å². The van der Waals surface area contributed by atoms with E-state index in [1.165, 1.54) is 0 Å². The van der Waals surface area contributed by atoms with Gasteiger partial charge in [-0.3, -0.25) is 10.3 Å². The van der Waals surface area contributed by atoms with Crippen LogP contribution in [0, 0.1) is 12.3 Å². The first-order valence-corrected chi connectivity index (χ1v) is 13.2. The van der Waals surface area contributed by atoms with Gasteiger partial charge in [-0.1, -0.05) is 47.5 Å². The molecule has 2 aliphatic rings. The number of alkyl halides is 3. The van der Waals surface area contributed by atoms with Gasteiger partial charge < -0.3 is 20.5 Å². The largest absolute Gasteiger partial charge is 0.400 e. The molecule has 1 spiro atoms. The van der Waals surface area contributed by atoms with Crippen molar-refractivity contribution in [3.8, 4) is 0 Å². The third-order valence-electron chi connectivity index (χ3n) is 6.66. The highest BCUT2D eigenvalue weighted by molar-refractivity contribution is 6.30. The highest BCUT2D eigenvalue weighted by atomic mass is 35.5. The third kappa shape index (κ3) is 7.21. The summed E-state index contributed by atoms with van der Waals surface area (Å²) in [5, 5.41) is 11.5. The highest BCUT2D eigenvalue weighted by Crippen LogP contribution is 2.38. The maximum Gasteiger partial charge on any atom is 0.390 e. The van der Waals surface area contributed by atoms with Gasteiger partial charge in [0, 0.05) is 29.2 Å². The van der Waals surface area contributed by atoms with E-state index in [0.29, 0.717) is 60.0 Å². The van der Waals surface area contributed by atoms with Crippen molar-refractivity contribution in [2.24, 2.45) is 10.7 Å². The molecule has 0 unspecified atom stereocenters. The van der Waals surface area contributed by atoms with Crippen molar-refractivity contribution in [3.05, 3.63) is 76.0 Å². The van der Waals surface area contributed by atoms with E-state index in [9.17, 15) is 18.0 Å². The summed E-state index contributed by atoms with van der Waals surface area (Å²) < 4.78 is 51.1. The van der Waals surface area contributed by atoms with Crippen LogP contribution in [0.2, 0.25) is 5.02 Å². The quantitative estimate of drug-likeness (QED) is 0.295. The Hall–Kier alpha value is -3.41. The Morgan fingerprint density at radius 2 is 1.90 bits per heavy atom. The number of amides is 2. The lowest BCUT2D eigenvalue weighted by molar-refractivity contribution is -0.135. The number of carbonyl (C=O) groups excluding carboxylic acids is 1. The molecule has 1 aliphatic carbocycles. The van der Waals surface area contributed by atoms with Gasteiger partial charge in [0.15, 0.2) is 0 Å². The summed E-state index contributed by atoms with van der Waals surface area (Å²) in [5.74, 6) is -1.43. The Bertz CT molecular complexity index is 1310. The molecule has 2 aromatic rings. The Morgan fingerprint density at radius 1 is 1.20 bits per heavy atom. The molecular formula is C28H31ClF3N5O3. The van der Waals surface area contributed by atoms with E-state index in [2.05, 4.69) is 5.32 Å². The average molecular weight is 578 g/mol. The second-order valence-electron chi connectivity index (χ2n) is 9.64. The molecule has 1 aliphatic heterocycles. The number of halogens is 4. The van der Waals surface area contributed by atoms with Crippen molar-refractivity contribution in [2.75, 3.05) is 26.3 Å². The second-order valence-corrected chi connectivity index (χ2v) is 10.1. The number of aryl methyl sites for hydroxylation is 1. The molecule has 40 heavy (non-hydrogen) atoms. The Balaban J connectivity index is 1.59. The maximum atomic E-state index is 13.1. The van der Waals surface area contributed by atoms with Gasteiger partial charge >= 0.3 is 12.2 Å². The number of aliphatic imine (C=N–C) groups is 1. The minimum atomic E-state index is -4.50. The zero-order valence-electron chi connectivity index (χ0n) is 22.0. The summed E-state index contributed by atoms with van der Waals surface area (Å²) in [4.78, 5) is 18.7. The van der Waals surface area contributed by atoms with Gasteiger partial charge in [-0.2, -0.15) is 13.2 Å². The molecule has 0 atom stereocenters. The molecule has 1 saturated carbocycles. The number of carbonyl (C=O) groups is 1. The molecule has 2 fully saturated rings. The molecule has 4 N–H and O–H groups in total. The number of nitrogens with one attached hydrogen (secondary N) is 2. The Labute approximate surface area is 235 Å². The minimum Gasteiger partial charge on any atom is -0.400 e. The first-order chi connectivity index (χ1) is 19.0. The molecule has 1 saturated heterocycles. The summed E-state index contributed by atoms with van der Waals surface area (Å²) in [5.41, 5.74) is 9.64. The molecule has 2 aromatic carbocycles. The number of benzene rings is 2. The van der Waals surface area contributed by atoms with E-state index >= 15 is 0 Å². The SMILES string of the molecule is Cc1ccc(C(=N)N(CCC(F)(F)F)C(=O)NC/C(N)=C2\CCCC3(OCCO3)C2=Nc2cccc(Cl)c2)cc1. The molecule has 4 rings (SSSR count). The average Bonchev–Trinajstić information content (AvgIpc) is 3.37. The van der Waals surface area contributed by atoms with Crippen LogP contribution < -0.4 is 11.1 Å². The van der Waals surface area contributed by atoms with Crippen LogP contribution in [0.25, 0.3) is 0 Å². The van der Waals surface area contributed by atoms with Crippen LogP contribution in [0.3, 0.4) is 0 Å². The van der Waals surface area contributed by atoms with Crippen LogP contribution >= 0.6 is 11.6 Å². The number of hydrogen-bond donors (Lipinski definition) is 3. The smallest absolute Gasteiger partial charge is 0.390 e. The van der Waals surface area contributed by atoms with Gasteiger partial charge in [0.2, 0.25) is 5.79 Å². The third-order valence-corrected chi connectivity index (χ3v) is 6.89. The van der Waals surface area contributed by atoms with Crippen LogP contribution in [0.4, 0.5) is 23.7 Å². The van der Waals surface area contributed by atoms with E-state index in [1.807, 2.05) is 6.92 Å². The fourth-order valence-electron chi connectivity index (χ4n) is 4.63. The minimum absolute atomic E-state index is 0.178. The highest BCUT2D eigenvalue weighted by Gasteiger charge is 2.46. The number of rotatable bonds is 6. The first kappa shape index (κ1) is 29.6. The summed E-state index contributed by atoms with van der Waals surface area (Å²) in [6, 6.07) is 12.7. The van der Waals surface area contributed by atoms with E-state index in [0.717, 1.165) is 10.5 Å². The van der Waals surface area contributed by atoms with E-state index in [1.54, 1.807) is 48.5 Å². The summed E-state index contributed by atoms with van der Waals surface area (Å²) in [6.45, 7) is 1.72. The lowest BCUT2D eigenvalue weighted by atomic mass is 9.85. The lowest BCUT2D eigenvalue weighted by Gasteiger charge is -2.35. The Morgan fingerprint density at radius 3 is 2.55 bits per heavy atom. The topological polar surface area (TPSA) is 113 Å². The van der Waals surface area contributed by atoms with Crippen molar-refractivity contribution >= 4 is 34.9 Å². The van der Waals surface area contributed by atoms with Gasteiger partial charge in [-0.25, -0.2) is 9.79 Å². The number of nitrogens with two attached hydrogens (primary N) is 1. The van der Waals surface area contributed by atoms with E-state index in [4.69, 9.17) is 37.2 Å². The lowest BCUT2D eigenvalue weighted by Crippen LogP contribution is -2.47. The molecule has 0 bridgehead atoms. The monoisotopic (exact) mass is 577 g/mol. The fourth-order valence-corrected chi connectivity index (χ4v) is 4.82. The van der Waals surface area contributed by atoms with Crippen LogP contribution in [-0.2, 0) is 9.47 Å². The number of hydrogen-bond acceptors (Lipinski definition) is 6. The zero-order valence-corrected chi connectivity index (χ0v) is 22.7. The van der Waals surface area contributed by atoms with Gasteiger partial charge in [0.05, 0.1) is 31.9 Å². The summed E-state index contributed by atoms with van der Waals surface area (Å²) >= 11 is 6.15. The van der Waals surface area contributed by atoms with Crippen LogP contribution in [0.5, 0.6) is 0 Å². The predicted molar refractivity (Wildman–Crippen MR) is 147 cm³/mol. The number of amidine groups is 1. The van der Waals surface area contributed by atoms with Gasteiger partial charge in [-0.05, 0) is 43.5 Å². The van der Waals surface area contributed by atoms with Gasteiger partial charge in [-0.15, -0.1) is 0 Å². The number of urea groups is 1. The summed E-state index contributed by atoms with van der Waals surface area (Å²) in [6.07, 6.45) is -3.98. The molecule has 1 heterocycles. The normalized spacial score (nSPS) is 19.1. The van der Waals surface area contributed by atoms with Gasteiger partial charge in [0.25, 0.3) is 0 Å². The van der Waals surface area contributed by atoms with Crippen LogP contribution in [0.15, 0.2) is 64.8 Å². The van der Waals surface area contributed by atoms with E-state index in [-0.39, 0.29) is 18.1 Å². The Kier molecular flexibility index (Phi) is 9.17. The van der Waals surface area contributed by atoms with Crippen molar-refractivity contribution in [2.45, 2.75) is 44.6 Å². The molecule has 214 valence electrons. The summed E-state index contributed by atoms with van der Waals surface area (Å²) in [7, 11) is 0. The molecule has 0 aromatic heterocycles. The number of nitrogens with zero attached hydrogens (tertiary/aromatic N) is 2. The first-order valence-electron chi connectivity index (χ1n) is 12.9. The maximum absolute atomic E-state index is 13.1. The van der Waals surface area contributed by atoms with Crippen molar-refractivity contribution < 1.29 is 27.4 Å². The molecule has 2 amide bonds. The predicted octanol–water partition coefficient (Wildman–Crippen LogP) is 5.85. The zero-order chi connectivity index (χ0) is 28.9.